The third kappa shape index (κ3) is 1.71. The first-order chi connectivity index (χ1) is 4.70. The lowest BCUT2D eigenvalue weighted by Crippen LogP contribution is -1.85. The third-order valence-electron chi connectivity index (χ3n) is 1.52. The fraction of sp³-hybridized carbons (Fsp3) is 0.333. The smallest absolute Gasteiger partial charge is 0.0379 e. The van der Waals surface area contributed by atoms with Gasteiger partial charge >= 0.3 is 0 Å². The van der Waals surface area contributed by atoms with E-state index in [2.05, 4.69) is 26.0 Å². The van der Waals surface area contributed by atoms with Gasteiger partial charge in [-0.25, -0.2) is 0 Å². The highest BCUT2D eigenvalue weighted by Gasteiger charge is 1.97. The van der Waals surface area contributed by atoms with Crippen LogP contribution in [0.2, 0.25) is 0 Å². The lowest BCUT2D eigenvalue weighted by Gasteiger charge is -2.03. The summed E-state index contributed by atoms with van der Waals surface area (Å²) in [6.07, 6.45) is 0. The summed E-state index contributed by atoms with van der Waals surface area (Å²) in [5, 5.41) is 0. The summed E-state index contributed by atoms with van der Waals surface area (Å²) in [6.45, 7) is 4.34. The second-order valence-corrected chi connectivity index (χ2v) is 3.20. The minimum Gasteiger partial charge on any atom is -0.0801 e. The van der Waals surface area contributed by atoms with E-state index in [-0.39, 0.29) is 0 Å². The Bertz CT molecular complexity index is 216. The van der Waals surface area contributed by atoms with Gasteiger partial charge in [-0.2, -0.15) is 0 Å². The first-order valence-electron chi connectivity index (χ1n) is 3.47. The van der Waals surface area contributed by atoms with E-state index in [0.717, 1.165) is 4.90 Å². The van der Waals surface area contributed by atoms with Gasteiger partial charge in [-0.15, -0.1) is 0 Å². The molecule has 0 aliphatic carbocycles. The van der Waals surface area contributed by atoms with Crippen molar-refractivity contribution in [3.63, 3.8) is 0 Å². The van der Waals surface area contributed by atoms with Gasteiger partial charge in [0.2, 0.25) is 0 Å². The molecule has 0 spiro atoms. The van der Waals surface area contributed by atoms with Crippen molar-refractivity contribution in [2.45, 2.75) is 24.7 Å². The number of benzene rings is 1. The predicted octanol–water partition coefficient (Wildman–Crippen LogP) is 3.37. The normalized spacial score (nSPS) is 10.3. The summed E-state index contributed by atoms with van der Waals surface area (Å²) in [6, 6.07) is 8.12. The number of rotatable bonds is 1. The highest BCUT2D eigenvalue weighted by molar-refractivity contribution is 7.80. The maximum absolute atomic E-state index is 5.02. The summed E-state index contributed by atoms with van der Waals surface area (Å²) < 4.78 is 0. The van der Waals surface area contributed by atoms with Gasteiger partial charge in [0.05, 0.1) is 0 Å². The number of hydrogen-bond acceptors (Lipinski definition) is 0. The van der Waals surface area contributed by atoms with E-state index in [1.807, 2.05) is 12.1 Å². The van der Waals surface area contributed by atoms with Gasteiger partial charge in [-0.1, -0.05) is 38.6 Å². The van der Waals surface area contributed by atoms with Gasteiger partial charge < -0.3 is 0 Å². The van der Waals surface area contributed by atoms with E-state index >= 15 is 0 Å². The summed E-state index contributed by atoms with van der Waals surface area (Å²) in [5.74, 6) is 0.586. The third-order valence-corrected chi connectivity index (χ3v) is 1.78. The van der Waals surface area contributed by atoms with Crippen molar-refractivity contribution in [1.82, 2.24) is 0 Å². The van der Waals surface area contributed by atoms with Crippen molar-refractivity contribution < 1.29 is 0 Å². The second-order valence-electron chi connectivity index (χ2n) is 2.73. The Morgan fingerprint density at radius 3 is 2.40 bits per heavy atom. The zero-order valence-electron chi connectivity index (χ0n) is 6.29. The summed E-state index contributed by atoms with van der Waals surface area (Å²) in [7, 11) is 0. The molecule has 0 aliphatic rings. The predicted molar refractivity (Wildman–Crippen MR) is 46.4 cm³/mol. The first kappa shape index (κ1) is 7.55. The standard InChI is InChI=1S/C9H11S/c1-7(2)8-4-3-5-9(10)6-8/h3-7H,1-2H3. The minimum atomic E-state index is 0.586. The highest BCUT2D eigenvalue weighted by atomic mass is 32.1. The van der Waals surface area contributed by atoms with Gasteiger partial charge in [0.1, 0.15) is 0 Å². The number of hydrogen-bond donors (Lipinski definition) is 0. The summed E-state index contributed by atoms with van der Waals surface area (Å²) >= 11 is 5.02. The molecule has 0 aromatic heterocycles. The molecule has 0 unspecified atom stereocenters. The molecule has 1 aromatic rings. The van der Waals surface area contributed by atoms with Crippen molar-refractivity contribution >= 4 is 12.6 Å². The van der Waals surface area contributed by atoms with Gasteiger partial charge in [0.15, 0.2) is 0 Å². The van der Waals surface area contributed by atoms with Crippen LogP contribution in [0, 0.1) is 0 Å². The van der Waals surface area contributed by atoms with Crippen LogP contribution in [0.3, 0.4) is 0 Å². The van der Waals surface area contributed by atoms with Crippen LogP contribution in [0.15, 0.2) is 29.2 Å². The molecule has 0 N–H and O–H groups in total. The van der Waals surface area contributed by atoms with Crippen molar-refractivity contribution in [2.24, 2.45) is 0 Å². The Labute approximate surface area is 67.7 Å². The van der Waals surface area contributed by atoms with Gasteiger partial charge in [-0.05, 0) is 23.6 Å². The molecule has 0 aliphatic heterocycles. The molecule has 0 nitrogen and oxygen atoms in total. The van der Waals surface area contributed by atoms with Crippen LogP contribution in [-0.2, 0) is 0 Å². The van der Waals surface area contributed by atoms with Crippen molar-refractivity contribution in [3.8, 4) is 0 Å². The Balaban J connectivity index is 2.96. The molecule has 1 aromatic carbocycles. The molecule has 0 fully saturated rings. The molecular formula is C9H11S. The zero-order valence-corrected chi connectivity index (χ0v) is 7.11. The SMILES string of the molecule is CC(C)c1cccc([S])c1. The molecule has 0 heterocycles. The average molecular weight is 151 g/mol. The molecule has 0 bridgehead atoms. The molecule has 1 heteroatoms. The van der Waals surface area contributed by atoms with Crippen LogP contribution in [0.4, 0.5) is 0 Å². The van der Waals surface area contributed by atoms with Crippen LogP contribution in [0.1, 0.15) is 25.3 Å². The van der Waals surface area contributed by atoms with E-state index in [9.17, 15) is 0 Å². The van der Waals surface area contributed by atoms with Crippen LogP contribution in [0.25, 0.3) is 0 Å². The topological polar surface area (TPSA) is 0 Å². The fourth-order valence-electron chi connectivity index (χ4n) is 0.874. The summed E-state index contributed by atoms with van der Waals surface area (Å²) in [5.41, 5.74) is 1.33. The molecule has 1 radical (unpaired) electrons. The second kappa shape index (κ2) is 3.02. The lowest BCUT2D eigenvalue weighted by atomic mass is 10.0. The maximum Gasteiger partial charge on any atom is 0.0379 e. The van der Waals surface area contributed by atoms with Crippen LogP contribution < -0.4 is 0 Å². The van der Waals surface area contributed by atoms with Crippen LogP contribution >= 0.6 is 12.6 Å². The van der Waals surface area contributed by atoms with E-state index in [0.29, 0.717) is 5.92 Å². The van der Waals surface area contributed by atoms with E-state index in [1.54, 1.807) is 0 Å². The van der Waals surface area contributed by atoms with E-state index in [1.165, 1.54) is 5.56 Å². The Hall–Kier alpha value is -0.560. The largest absolute Gasteiger partial charge is 0.0801 e. The summed E-state index contributed by atoms with van der Waals surface area (Å²) in [4.78, 5) is 0.936. The van der Waals surface area contributed by atoms with Crippen molar-refractivity contribution in [3.05, 3.63) is 29.8 Å². The Morgan fingerprint density at radius 1 is 1.30 bits per heavy atom. The van der Waals surface area contributed by atoms with E-state index < -0.39 is 0 Å². The molecular weight excluding hydrogens is 140 g/mol. The Kier molecular flexibility index (Phi) is 2.28. The van der Waals surface area contributed by atoms with E-state index in [4.69, 9.17) is 12.6 Å². The fourth-order valence-corrected chi connectivity index (χ4v) is 1.09. The molecule has 0 saturated carbocycles. The van der Waals surface area contributed by atoms with Gasteiger partial charge in [0.25, 0.3) is 0 Å². The monoisotopic (exact) mass is 151 g/mol. The molecule has 53 valence electrons. The molecule has 0 atom stereocenters. The molecule has 0 saturated heterocycles. The molecule has 10 heavy (non-hydrogen) atoms. The maximum atomic E-state index is 5.02. The minimum absolute atomic E-state index is 0.586. The average Bonchev–Trinajstić information content (AvgIpc) is 1.88. The molecule has 0 amide bonds. The Morgan fingerprint density at radius 2 is 2.00 bits per heavy atom. The van der Waals surface area contributed by atoms with Crippen LogP contribution in [-0.4, -0.2) is 0 Å². The highest BCUT2D eigenvalue weighted by Crippen LogP contribution is 2.16. The first-order valence-corrected chi connectivity index (χ1v) is 3.88. The quantitative estimate of drug-likeness (QED) is 0.577. The van der Waals surface area contributed by atoms with Crippen LogP contribution in [0.5, 0.6) is 0 Å². The zero-order chi connectivity index (χ0) is 7.56. The van der Waals surface area contributed by atoms with Gasteiger partial charge in [0, 0.05) is 4.90 Å². The molecule has 1 rings (SSSR count). The van der Waals surface area contributed by atoms with Crippen molar-refractivity contribution in [2.75, 3.05) is 0 Å². The lowest BCUT2D eigenvalue weighted by molar-refractivity contribution is 0.862. The van der Waals surface area contributed by atoms with Gasteiger partial charge in [-0.3, -0.25) is 0 Å². The van der Waals surface area contributed by atoms with Crippen molar-refractivity contribution in [1.29, 1.82) is 0 Å².